The smallest absolute Gasteiger partial charge is 0.252 e. The third-order valence-corrected chi connectivity index (χ3v) is 2.60. The predicted octanol–water partition coefficient (Wildman–Crippen LogP) is 2.18. The second kappa shape index (κ2) is 6.13. The van der Waals surface area contributed by atoms with E-state index in [0.29, 0.717) is 29.5 Å². The minimum Gasteiger partial charge on any atom is -0.490 e. The number of carbonyl (C=O) groups is 1. The fourth-order valence-electron chi connectivity index (χ4n) is 1.71. The summed E-state index contributed by atoms with van der Waals surface area (Å²) in [5, 5.41) is 0. The van der Waals surface area contributed by atoms with Gasteiger partial charge in [0.05, 0.1) is 17.9 Å². The van der Waals surface area contributed by atoms with Gasteiger partial charge in [-0.15, -0.1) is 0 Å². The number of rotatable bonds is 6. The maximum Gasteiger partial charge on any atom is 0.252 e. The number of amides is 1. The molecule has 94 valence electrons. The van der Waals surface area contributed by atoms with Crippen molar-refractivity contribution in [1.82, 2.24) is 0 Å². The van der Waals surface area contributed by atoms with Crippen molar-refractivity contribution in [1.29, 1.82) is 0 Å². The van der Waals surface area contributed by atoms with E-state index in [-0.39, 0.29) is 0 Å². The first-order valence-corrected chi connectivity index (χ1v) is 5.87. The molecule has 17 heavy (non-hydrogen) atoms. The maximum absolute atomic E-state index is 11.2. The zero-order valence-corrected chi connectivity index (χ0v) is 10.4. The Morgan fingerprint density at radius 2 is 2.18 bits per heavy atom. The van der Waals surface area contributed by atoms with Crippen molar-refractivity contribution in [2.75, 3.05) is 12.3 Å². The van der Waals surface area contributed by atoms with E-state index >= 15 is 0 Å². The number of para-hydroxylation sites is 1. The van der Waals surface area contributed by atoms with Crippen LogP contribution in [0.25, 0.3) is 0 Å². The topological polar surface area (TPSA) is 78.3 Å². The molecule has 0 radical (unpaired) electrons. The summed E-state index contributed by atoms with van der Waals surface area (Å²) in [6, 6.07) is 5.02. The van der Waals surface area contributed by atoms with Crippen molar-refractivity contribution < 1.29 is 9.53 Å². The van der Waals surface area contributed by atoms with Crippen molar-refractivity contribution in [3.63, 3.8) is 0 Å². The molecule has 0 aliphatic carbocycles. The quantitative estimate of drug-likeness (QED) is 0.743. The van der Waals surface area contributed by atoms with E-state index in [4.69, 9.17) is 16.2 Å². The lowest BCUT2D eigenvalue weighted by Crippen LogP contribution is -2.16. The first-order valence-electron chi connectivity index (χ1n) is 5.87. The highest BCUT2D eigenvalue weighted by molar-refractivity contribution is 5.97. The maximum atomic E-state index is 11.2. The van der Waals surface area contributed by atoms with Crippen LogP contribution in [-0.4, -0.2) is 12.5 Å². The minimum absolute atomic E-state index is 0.341. The summed E-state index contributed by atoms with van der Waals surface area (Å²) in [7, 11) is 0. The van der Waals surface area contributed by atoms with E-state index in [1.54, 1.807) is 18.2 Å². The second-order valence-corrected chi connectivity index (χ2v) is 4.29. The van der Waals surface area contributed by atoms with Crippen LogP contribution in [0.1, 0.15) is 37.0 Å². The molecule has 1 rings (SSSR count). The summed E-state index contributed by atoms with van der Waals surface area (Å²) in [5.74, 6) is 0.318. The van der Waals surface area contributed by atoms with Crippen LogP contribution in [0.4, 0.5) is 5.69 Å². The van der Waals surface area contributed by atoms with Crippen molar-refractivity contribution in [2.45, 2.75) is 26.7 Å². The number of nitrogen functional groups attached to an aromatic ring is 1. The Hall–Kier alpha value is -1.71. The normalized spacial score (nSPS) is 12.1. The molecule has 0 aliphatic rings. The van der Waals surface area contributed by atoms with Crippen LogP contribution in [0.3, 0.4) is 0 Å². The van der Waals surface area contributed by atoms with Crippen molar-refractivity contribution in [3.05, 3.63) is 23.8 Å². The number of primary amides is 1. The Morgan fingerprint density at radius 3 is 2.76 bits per heavy atom. The highest BCUT2D eigenvalue weighted by Gasteiger charge is 2.13. The number of hydrogen-bond donors (Lipinski definition) is 2. The number of hydrogen-bond acceptors (Lipinski definition) is 3. The third-order valence-electron chi connectivity index (χ3n) is 2.60. The standard InChI is InChI=1S/C13H20N2O2/c1-3-5-9(2)8-17-12-10(13(15)16)6-4-7-11(12)14/h4,6-7,9H,3,5,8,14H2,1-2H3,(H2,15,16). The second-order valence-electron chi connectivity index (χ2n) is 4.29. The number of nitrogens with two attached hydrogens (primary N) is 2. The van der Waals surface area contributed by atoms with Gasteiger partial charge in [0, 0.05) is 0 Å². The van der Waals surface area contributed by atoms with Crippen LogP contribution >= 0.6 is 0 Å². The molecular formula is C13H20N2O2. The fraction of sp³-hybridized carbons (Fsp3) is 0.462. The van der Waals surface area contributed by atoms with Crippen LogP contribution in [0.2, 0.25) is 0 Å². The van der Waals surface area contributed by atoms with E-state index < -0.39 is 5.91 Å². The van der Waals surface area contributed by atoms with Gasteiger partial charge in [-0.2, -0.15) is 0 Å². The molecule has 0 spiro atoms. The zero-order valence-electron chi connectivity index (χ0n) is 10.4. The van der Waals surface area contributed by atoms with Gasteiger partial charge in [-0.3, -0.25) is 4.79 Å². The Morgan fingerprint density at radius 1 is 1.47 bits per heavy atom. The van der Waals surface area contributed by atoms with E-state index in [2.05, 4.69) is 13.8 Å². The van der Waals surface area contributed by atoms with Gasteiger partial charge < -0.3 is 16.2 Å². The SMILES string of the molecule is CCCC(C)COc1c(N)cccc1C(N)=O. The Balaban J connectivity index is 2.79. The monoisotopic (exact) mass is 236 g/mol. The molecule has 0 saturated heterocycles. The Bertz CT molecular complexity index is 391. The van der Waals surface area contributed by atoms with Gasteiger partial charge in [-0.1, -0.05) is 26.3 Å². The number of anilines is 1. The molecule has 4 N–H and O–H groups in total. The average molecular weight is 236 g/mol. The van der Waals surface area contributed by atoms with E-state index in [1.807, 2.05) is 0 Å². The van der Waals surface area contributed by atoms with Crippen LogP contribution in [-0.2, 0) is 0 Å². The lowest BCUT2D eigenvalue weighted by Gasteiger charge is -2.15. The molecule has 4 nitrogen and oxygen atoms in total. The molecule has 1 aromatic rings. The molecule has 4 heteroatoms. The summed E-state index contributed by atoms with van der Waals surface area (Å²) >= 11 is 0. The van der Waals surface area contributed by atoms with Gasteiger partial charge in [-0.25, -0.2) is 0 Å². The molecule has 1 aromatic carbocycles. The number of ether oxygens (including phenoxy) is 1. The lowest BCUT2D eigenvalue weighted by molar-refractivity contribution is 0.0995. The summed E-state index contributed by atoms with van der Waals surface area (Å²) < 4.78 is 5.62. The zero-order chi connectivity index (χ0) is 12.8. The van der Waals surface area contributed by atoms with Gasteiger partial charge in [0.2, 0.25) is 0 Å². The fourth-order valence-corrected chi connectivity index (χ4v) is 1.71. The average Bonchev–Trinajstić information content (AvgIpc) is 2.27. The summed E-state index contributed by atoms with van der Waals surface area (Å²) in [5.41, 5.74) is 11.9. The number of benzene rings is 1. The summed E-state index contributed by atoms with van der Waals surface area (Å²) in [4.78, 5) is 11.2. The molecule has 1 unspecified atom stereocenters. The molecule has 0 saturated carbocycles. The van der Waals surface area contributed by atoms with Gasteiger partial charge in [-0.05, 0) is 24.5 Å². The van der Waals surface area contributed by atoms with Crippen LogP contribution in [0.15, 0.2) is 18.2 Å². The highest BCUT2D eigenvalue weighted by Crippen LogP contribution is 2.26. The molecule has 1 amide bonds. The summed E-state index contributed by atoms with van der Waals surface area (Å²) in [6.07, 6.45) is 2.19. The summed E-state index contributed by atoms with van der Waals surface area (Å²) in [6.45, 7) is 4.77. The van der Waals surface area contributed by atoms with Crippen molar-refractivity contribution in [2.24, 2.45) is 11.7 Å². The van der Waals surface area contributed by atoms with Crippen LogP contribution in [0.5, 0.6) is 5.75 Å². The minimum atomic E-state index is -0.518. The molecule has 0 aromatic heterocycles. The Labute approximate surface area is 102 Å². The molecule has 0 bridgehead atoms. The highest BCUT2D eigenvalue weighted by atomic mass is 16.5. The van der Waals surface area contributed by atoms with E-state index in [0.717, 1.165) is 12.8 Å². The van der Waals surface area contributed by atoms with Gasteiger partial charge in [0.1, 0.15) is 0 Å². The first-order chi connectivity index (χ1) is 8.06. The van der Waals surface area contributed by atoms with E-state index in [9.17, 15) is 4.79 Å². The van der Waals surface area contributed by atoms with Crippen molar-refractivity contribution in [3.8, 4) is 5.75 Å². The van der Waals surface area contributed by atoms with E-state index in [1.165, 1.54) is 0 Å². The predicted molar refractivity (Wildman–Crippen MR) is 68.9 cm³/mol. The van der Waals surface area contributed by atoms with Crippen LogP contribution in [0, 0.1) is 5.92 Å². The first kappa shape index (κ1) is 13.4. The Kier molecular flexibility index (Phi) is 4.82. The van der Waals surface area contributed by atoms with Crippen molar-refractivity contribution >= 4 is 11.6 Å². The largest absolute Gasteiger partial charge is 0.490 e. The molecule has 0 aliphatic heterocycles. The van der Waals surface area contributed by atoms with Gasteiger partial charge >= 0.3 is 0 Å². The molecule has 0 heterocycles. The number of carbonyl (C=O) groups excluding carboxylic acids is 1. The third kappa shape index (κ3) is 3.66. The molecule has 1 atom stereocenters. The molecule has 0 fully saturated rings. The van der Waals surface area contributed by atoms with Crippen LogP contribution < -0.4 is 16.2 Å². The van der Waals surface area contributed by atoms with Gasteiger partial charge in [0.25, 0.3) is 5.91 Å². The lowest BCUT2D eigenvalue weighted by atomic mass is 10.1. The van der Waals surface area contributed by atoms with Gasteiger partial charge in [0.15, 0.2) is 5.75 Å². The molecular weight excluding hydrogens is 216 g/mol.